The second-order valence-corrected chi connectivity index (χ2v) is 3.90. The maximum absolute atomic E-state index is 5.90. The lowest BCUT2D eigenvalue weighted by atomic mass is 10.3. The molecular weight excluding hydrogens is 174 g/mol. The number of halogens is 1. The van der Waals surface area contributed by atoms with Crippen LogP contribution in [0.3, 0.4) is 0 Å². The van der Waals surface area contributed by atoms with Crippen LogP contribution in [0, 0.1) is 0 Å². The van der Waals surface area contributed by atoms with Gasteiger partial charge in [0.15, 0.2) is 0 Å². The summed E-state index contributed by atoms with van der Waals surface area (Å²) in [5.74, 6) is 1.68. The monoisotopic (exact) mass is 185 g/mol. The second-order valence-electron chi connectivity index (χ2n) is 3.57. The minimum atomic E-state index is 0.364. The first-order chi connectivity index (χ1) is 5.70. The van der Waals surface area contributed by atoms with Gasteiger partial charge in [-0.25, -0.2) is 0 Å². The lowest BCUT2D eigenvalue weighted by Crippen LogP contribution is -2.05. The first-order valence-electron chi connectivity index (χ1n) is 4.30. The summed E-state index contributed by atoms with van der Waals surface area (Å²) in [5, 5.41) is 8.48. The van der Waals surface area contributed by atoms with Crippen molar-refractivity contribution >= 4 is 11.6 Å². The van der Waals surface area contributed by atoms with Crippen LogP contribution in [-0.2, 0) is 0 Å². The number of aromatic nitrogens is 3. The van der Waals surface area contributed by atoms with Crippen LogP contribution in [0.1, 0.15) is 44.5 Å². The lowest BCUT2D eigenvalue weighted by Gasteiger charge is -2.09. The van der Waals surface area contributed by atoms with E-state index in [9.17, 15) is 0 Å². The van der Waals surface area contributed by atoms with Crippen molar-refractivity contribution in [1.82, 2.24) is 14.8 Å². The van der Waals surface area contributed by atoms with Gasteiger partial charge in [0, 0.05) is 12.0 Å². The molecule has 1 aromatic rings. The van der Waals surface area contributed by atoms with Crippen molar-refractivity contribution in [3.8, 4) is 0 Å². The lowest BCUT2D eigenvalue weighted by molar-refractivity contribution is 0.569. The van der Waals surface area contributed by atoms with E-state index in [1.165, 1.54) is 12.8 Å². The first-order valence-corrected chi connectivity index (χ1v) is 4.68. The van der Waals surface area contributed by atoms with Gasteiger partial charge in [-0.1, -0.05) is 0 Å². The Balaban J connectivity index is 2.39. The van der Waals surface area contributed by atoms with E-state index in [0.29, 0.717) is 17.2 Å². The molecule has 1 aromatic heterocycles. The summed E-state index contributed by atoms with van der Waals surface area (Å²) in [6.45, 7) is 4.20. The molecule has 0 saturated heterocycles. The average Bonchev–Trinajstić information content (AvgIpc) is 2.75. The molecule has 1 heterocycles. The van der Waals surface area contributed by atoms with Crippen LogP contribution >= 0.6 is 11.6 Å². The molecule has 0 aliphatic heterocycles. The van der Waals surface area contributed by atoms with Gasteiger partial charge in [0.1, 0.15) is 5.82 Å². The fraction of sp³-hybridized carbons (Fsp3) is 0.750. The van der Waals surface area contributed by atoms with Crippen molar-refractivity contribution in [1.29, 1.82) is 0 Å². The molecule has 1 aliphatic carbocycles. The summed E-state index contributed by atoms with van der Waals surface area (Å²) >= 11 is 5.90. The van der Waals surface area contributed by atoms with Crippen LogP contribution in [0.4, 0.5) is 0 Å². The van der Waals surface area contributed by atoms with E-state index in [0.717, 1.165) is 5.82 Å². The largest absolute Gasteiger partial charge is 0.299 e. The van der Waals surface area contributed by atoms with Crippen molar-refractivity contribution in [3.05, 3.63) is 11.1 Å². The van der Waals surface area contributed by atoms with E-state index in [4.69, 9.17) is 11.6 Å². The average molecular weight is 186 g/mol. The molecule has 0 amide bonds. The molecule has 1 saturated carbocycles. The van der Waals surface area contributed by atoms with E-state index in [1.807, 2.05) is 4.57 Å². The highest BCUT2D eigenvalue weighted by Gasteiger charge is 2.30. The van der Waals surface area contributed by atoms with Gasteiger partial charge >= 0.3 is 0 Å². The predicted octanol–water partition coefficient (Wildman–Crippen LogP) is 2.39. The van der Waals surface area contributed by atoms with Crippen molar-refractivity contribution in [3.63, 3.8) is 0 Å². The standard InChI is InChI=1S/C8H12ClN3/c1-5(2)12-7(6-3-4-6)10-11-8(12)9/h5-6H,3-4H2,1-2H3. The number of hydrogen-bond donors (Lipinski definition) is 0. The van der Waals surface area contributed by atoms with Gasteiger partial charge in [-0.05, 0) is 38.3 Å². The van der Waals surface area contributed by atoms with Gasteiger partial charge in [-0.15, -0.1) is 10.2 Å². The molecule has 0 aromatic carbocycles. The van der Waals surface area contributed by atoms with Gasteiger partial charge in [-0.3, -0.25) is 4.57 Å². The molecule has 2 rings (SSSR count). The maximum atomic E-state index is 5.90. The molecule has 4 heteroatoms. The fourth-order valence-electron chi connectivity index (χ4n) is 1.38. The minimum Gasteiger partial charge on any atom is -0.299 e. The maximum Gasteiger partial charge on any atom is 0.225 e. The molecule has 0 spiro atoms. The topological polar surface area (TPSA) is 30.7 Å². The van der Waals surface area contributed by atoms with Gasteiger partial charge in [0.2, 0.25) is 5.28 Å². The summed E-state index contributed by atoms with van der Waals surface area (Å²) in [5.41, 5.74) is 0. The highest BCUT2D eigenvalue weighted by atomic mass is 35.5. The Kier molecular flexibility index (Phi) is 1.83. The third-order valence-corrected chi connectivity index (χ3v) is 2.40. The highest BCUT2D eigenvalue weighted by molar-refractivity contribution is 6.28. The zero-order chi connectivity index (χ0) is 8.72. The smallest absolute Gasteiger partial charge is 0.225 e. The van der Waals surface area contributed by atoms with E-state index >= 15 is 0 Å². The SMILES string of the molecule is CC(C)n1c(Cl)nnc1C1CC1. The quantitative estimate of drug-likeness (QED) is 0.709. The Bertz CT molecular complexity index is 288. The zero-order valence-corrected chi connectivity index (χ0v) is 8.04. The normalized spacial score (nSPS) is 17.3. The Hall–Kier alpha value is -0.570. The predicted molar refractivity (Wildman–Crippen MR) is 47.4 cm³/mol. The first kappa shape index (κ1) is 8.05. The number of nitrogens with zero attached hydrogens (tertiary/aromatic N) is 3. The Morgan fingerprint density at radius 2 is 2.08 bits per heavy atom. The summed E-state index contributed by atoms with van der Waals surface area (Å²) < 4.78 is 2.01. The van der Waals surface area contributed by atoms with Crippen molar-refractivity contribution in [2.24, 2.45) is 0 Å². The van der Waals surface area contributed by atoms with E-state index in [-0.39, 0.29) is 0 Å². The molecule has 3 nitrogen and oxygen atoms in total. The molecule has 1 aliphatic rings. The van der Waals surface area contributed by atoms with E-state index < -0.39 is 0 Å². The van der Waals surface area contributed by atoms with Crippen LogP contribution in [0.25, 0.3) is 0 Å². The van der Waals surface area contributed by atoms with Crippen LogP contribution in [0.15, 0.2) is 0 Å². The Morgan fingerprint density at radius 1 is 1.42 bits per heavy atom. The summed E-state index contributed by atoms with van der Waals surface area (Å²) in [7, 11) is 0. The molecule has 66 valence electrons. The molecule has 0 bridgehead atoms. The molecule has 0 radical (unpaired) electrons. The fourth-order valence-corrected chi connectivity index (χ4v) is 1.70. The summed E-state index contributed by atoms with van der Waals surface area (Å²) in [6.07, 6.45) is 2.48. The molecule has 0 atom stereocenters. The van der Waals surface area contributed by atoms with Crippen LogP contribution < -0.4 is 0 Å². The molecule has 12 heavy (non-hydrogen) atoms. The van der Waals surface area contributed by atoms with Crippen molar-refractivity contribution in [2.75, 3.05) is 0 Å². The number of hydrogen-bond acceptors (Lipinski definition) is 2. The van der Waals surface area contributed by atoms with Crippen LogP contribution in [0.5, 0.6) is 0 Å². The van der Waals surface area contributed by atoms with Gasteiger partial charge < -0.3 is 0 Å². The van der Waals surface area contributed by atoms with Crippen molar-refractivity contribution < 1.29 is 0 Å². The third-order valence-electron chi connectivity index (χ3n) is 2.14. The molecular formula is C8H12ClN3. The summed E-state index contributed by atoms with van der Waals surface area (Å²) in [4.78, 5) is 0. The van der Waals surface area contributed by atoms with E-state index in [2.05, 4.69) is 24.0 Å². The van der Waals surface area contributed by atoms with E-state index in [1.54, 1.807) is 0 Å². The summed E-state index contributed by atoms with van der Waals surface area (Å²) in [6, 6.07) is 0.364. The molecule has 0 unspecified atom stereocenters. The third kappa shape index (κ3) is 1.22. The van der Waals surface area contributed by atoms with Gasteiger partial charge in [0.05, 0.1) is 0 Å². The Labute approximate surface area is 76.7 Å². The minimum absolute atomic E-state index is 0.364. The molecule has 1 fully saturated rings. The molecule has 0 N–H and O–H groups in total. The zero-order valence-electron chi connectivity index (χ0n) is 7.29. The van der Waals surface area contributed by atoms with Gasteiger partial charge in [0.25, 0.3) is 0 Å². The number of rotatable bonds is 2. The van der Waals surface area contributed by atoms with Gasteiger partial charge in [-0.2, -0.15) is 0 Å². The van der Waals surface area contributed by atoms with Crippen LogP contribution in [-0.4, -0.2) is 14.8 Å². The second kappa shape index (κ2) is 2.73. The Morgan fingerprint density at radius 3 is 2.58 bits per heavy atom. The van der Waals surface area contributed by atoms with Crippen molar-refractivity contribution in [2.45, 2.75) is 38.6 Å². The highest BCUT2D eigenvalue weighted by Crippen LogP contribution is 2.40. The van der Waals surface area contributed by atoms with Crippen LogP contribution in [0.2, 0.25) is 5.28 Å².